The molecule has 3 atom stereocenters. The first-order valence-electron chi connectivity index (χ1n) is 4.70. The lowest BCUT2D eigenvalue weighted by atomic mass is 10.2. The summed E-state index contributed by atoms with van der Waals surface area (Å²) < 4.78 is 5.64. The molecule has 0 aliphatic carbocycles. The molecular formula is C10H17NO2S. The second-order valence-electron chi connectivity index (χ2n) is 3.36. The Morgan fingerprint density at radius 2 is 2.29 bits per heavy atom. The van der Waals surface area contributed by atoms with Crippen molar-refractivity contribution in [3.8, 4) is 0 Å². The van der Waals surface area contributed by atoms with Gasteiger partial charge in [-0.25, -0.2) is 0 Å². The number of hydrogen-bond donors (Lipinski definition) is 2. The lowest BCUT2D eigenvalue weighted by molar-refractivity contribution is -0.0590. The zero-order valence-electron chi connectivity index (χ0n) is 8.51. The molecule has 1 heterocycles. The van der Waals surface area contributed by atoms with Crippen LogP contribution in [0.5, 0.6) is 0 Å². The lowest BCUT2D eigenvalue weighted by Crippen LogP contribution is -2.27. The molecule has 1 aromatic heterocycles. The zero-order valence-corrected chi connectivity index (χ0v) is 9.33. The maximum absolute atomic E-state index is 9.30. The summed E-state index contributed by atoms with van der Waals surface area (Å²) in [6.07, 6.45) is -0.767. The second-order valence-corrected chi connectivity index (χ2v) is 4.14. The van der Waals surface area contributed by atoms with E-state index in [-0.39, 0.29) is 12.2 Å². The quantitative estimate of drug-likeness (QED) is 0.783. The van der Waals surface area contributed by atoms with Crippen LogP contribution in [0.2, 0.25) is 0 Å². The van der Waals surface area contributed by atoms with Crippen molar-refractivity contribution in [1.29, 1.82) is 0 Å². The van der Waals surface area contributed by atoms with E-state index in [9.17, 15) is 5.11 Å². The Bertz CT molecular complexity index is 249. The maximum atomic E-state index is 9.30. The van der Waals surface area contributed by atoms with Gasteiger partial charge in [0.15, 0.2) is 0 Å². The third-order valence-electron chi connectivity index (χ3n) is 2.19. The summed E-state index contributed by atoms with van der Waals surface area (Å²) in [5, 5.41) is 13.3. The van der Waals surface area contributed by atoms with Crippen molar-refractivity contribution >= 4 is 11.3 Å². The van der Waals surface area contributed by atoms with Crippen molar-refractivity contribution < 1.29 is 9.84 Å². The van der Waals surface area contributed by atoms with Crippen molar-refractivity contribution in [1.82, 2.24) is 0 Å². The average Bonchev–Trinajstić information content (AvgIpc) is 2.66. The number of aliphatic hydroxyl groups excluding tert-OH is 1. The third-order valence-corrected chi connectivity index (χ3v) is 2.89. The molecule has 80 valence electrons. The number of aliphatic hydroxyl groups is 1. The molecule has 3 unspecified atom stereocenters. The van der Waals surface area contributed by atoms with Gasteiger partial charge >= 0.3 is 0 Å². The van der Waals surface area contributed by atoms with Crippen LogP contribution in [0.1, 0.15) is 25.5 Å². The molecule has 3 N–H and O–H groups in total. The predicted molar refractivity (Wildman–Crippen MR) is 58.3 cm³/mol. The minimum absolute atomic E-state index is 0.106. The van der Waals surface area contributed by atoms with E-state index < -0.39 is 6.10 Å². The van der Waals surface area contributed by atoms with E-state index in [0.29, 0.717) is 6.54 Å². The molecule has 1 rings (SSSR count). The van der Waals surface area contributed by atoms with E-state index in [1.165, 1.54) is 0 Å². The van der Waals surface area contributed by atoms with Crippen LogP contribution in [0.4, 0.5) is 0 Å². The van der Waals surface area contributed by atoms with Crippen molar-refractivity contribution in [3.05, 3.63) is 22.4 Å². The molecule has 0 saturated heterocycles. The van der Waals surface area contributed by atoms with E-state index in [2.05, 4.69) is 0 Å². The average molecular weight is 215 g/mol. The van der Waals surface area contributed by atoms with E-state index in [4.69, 9.17) is 10.5 Å². The van der Waals surface area contributed by atoms with Crippen LogP contribution in [-0.4, -0.2) is 23.9 Å². The van der Waals surface area contributed by atoms with Crippen LogP contribution in [0.3, 0.4) is 0 Å². The highest BCUT2D eigenvalue weighted by Gasteiger charge is 2.17. The van der Waals surface area contributed by atoms with Gasteiger partial charge in [0, 0.05) is 6.54 Å². The van der Waals surface area contributed by atoms with E-state index >= 15 is 0 Å². The summed E-state index contributed by atoms with van der Waals surface area (Å²) in [6, 6.07) is 2.00. The lowest BCUT2D eigenvalue weighted by Gasteiger charge is -2.22. The molecule has 0 spiro atoms. The Kier molecular flexibility index (Phi) is 4.54. The highest BCUT2D eigenvalue weighted by Crippen LogP contribution is 2.21. The first-order valence-corrected chi connectivity index (χ1v) is 5.65. The van der Waals surface area contributed by atoms with E-state index in [1.54, 1.807) is 18.3 Å². The zero-order chi connectivity index (χ0) is 10.6. The van der Waals surface area contributed by atoms with Crippen molar-refractivity contribution in [2.75, 3.05) is 6.54 Å². The van der Waals surface area contributed by atoms with E-state index in [0.717, 1.165) is 5.56 Å². The SMILES string of the molecule is CC(O)C(C)OC(CN)c1ccsc1. The van der Waals surface area contributed by atoms with Crippen molar-refractivity contribution in [3.63, 3.8) is 0 Å². The van der Waals surface area contributed by atoms with Crippen LogP contribution >= 0.6 is 11.3 Å². The summed E-state index contributed by atoms with van der Waals surface area (Å²) in [6.45, 7) is 4.00. The molecule has 0 fully saturated rings. The monoisotopic (exact) mass is 215 g/mol. The van der Waals surface area contributed by atoms with Gasteiger partial charge in [-0.05, 0) is 36.2 Å². The molecule has 0 bridgehead atoms. The predicted octanol–water partition coefficient (Wildman–Crippen LogP) is 1.53. The Morgan fingerprint density at radius 1 is 1.57 bits per heavy atom. The summed E-state index contributed by atoms with van der Waals surface area (Å²) in [7, 11) is 0. The van der Waals surface area contributed by atoms with Crippen LogP contribution in [0, 0.1) is 0 Å². The fraction of sp³-hybridized carbons (Fsp3) is 0.600. The first-order chi connectivity index (χ1) is 6.65. The summed E-state index contributed by atoms with van der Waals surface area (Å²) in [5.41, 5.74) is 6.70. The van der Waals surface area contributed by atoms with Gasteiger partial charge in [0.05, 0.1) is 18.3 Å². The van der Waals surface area contributed by atoms with Gasteiger partial charge in [-0.1, -0.05) is 0 Å². The number of rotatable bonds is 5. The molecule has 3 nitrogen and oxygen atoms in total. The topological polar surface area (TPSA) is 55.5 Å². The third kappa shape index (κ3) is 3.06. The normalized spacial score (nSPS) is 17.7. The Morgan fingerprint density at radius 3 is 2.71 bits per heavy atom. The molecule has 0 aliphatic heterocycles. The molecule has 4 heteroatoms. The highest BCUT2D eigenvalue weighted by atomic mass is 32.1. The molecular weight excluding hydrogens is 198 g/mol. The maximum Gasteiger partial charge on any atom is 0.0960 e. The van der Waals surface area contributed by atoms with Gasteiger partial charge in [0.25, 0.3) is 0 Å². The molecule has 14 heavy (non-hydrogen) atoms. The molecule has 0 aliphatic rings. The highest BCUT2D eigenvalue weighted by molar-refractivity contribution is 7.07. The van der Waals surface area contributed by atoms with Crippen molar-refractivity contribution in [2.24, 2.45) is 5.73 Å². The number of hydrogen-bond acceptors (Lipinski definition) is 4. The molecule has 0 aromatic carbocycles. The summed E-state index contributed by atoms with van der Waals surface area (Å²) in [4.78, 5) is 0. The largest absolute Gasteiger partial charge is 0.391 e. The van der Waals surface area contributed by atoms with Crippen LogP contribution in [0.15, 0.2) is 16.8 Å². The first kappa shape index (κ1) is 11.7. The van der Waals surface area contributed by atoms with Gasteiger partial charge in [-0.2, -0.15) is 11.3 Å². The van der Waals surface area contributed by atoms with Crippen molar-refractivity contribution in [2.45, 2.75) is 32.2 Å². The minimum Gasteiger partial charge on any atom is -0.391 e. The van der Waals surface area contributed by atoms with Crippen LogP contribution in [-0.2, 0) is 4.74 Å². The number of thiophene rings is 1. The van der Waals surface area contributed by atoms with Gasteiger partial charge in [-0.15, -0.1) is 0 Å². The Labute approximate surface area is 88.5 Å². The Balaban J connectivity index is 2.56. The molecule has 0 amide bonds. The Hall–Kier alpha value is -0.420. The summed E-state index contributed by atoms with van der Waals surface area (Å²) >= 11 is 1.62. The van der Waals surface area contributed by atoms with Gasteiger partial charge < -0.3 is 15.6 Å². The van der Waals surface area contributed by atoms with Gasteiger partial charge in [-0.3, -0.25) is 0 Å². The van der Waals surface area contributed by atoms with Gasteiger partial charge in [0.2, 0.25) is 0 Å². The second kappa shape index (κ2) is 5.46. The smallest absolute Gasteiger partial charge is 0.0960 e. The molecule has 0 saturated carbocycles. The molecule has 1 aromatic rings. The summed E-state index contributed by atoms with van der Waals surface area (Å²) in [5.74, 6) is 0. The van der Waals surface area contributed by atoms with Gasteiger partial charge in [0.1, 0.15) is 0 Å². The van der Waals surface area contributed by atoms with E-state index in [1.807, 2.05) is 23.8 Å². The van der Waals surface area contributed by atoms with Crippen LogP contribution in [0.25, 0.3) is 0 Å². The fourth-order valence-electron chi connectivity index (χ4n) is 1.10. The fourth-order valence-corrected chi connectivity index (χ4v) is 1.80. The molecule has 0 radical (unpaired) electrons. The standard InChI is InChI=1S/C10H17NO2S/c1-7(12)8(2)13-10(5-11)9-3-4-14-6-9/h3-4,6-8,10,12H,5,11H2,1-2H3. The minimum atomic E-state index is -0.470. The number of ether oxygens (including phenoxy) is 1. The number of nitrogens with two attached hydrogens (primary N) is 1. The van der Waals surface area contributed by atoms with Crippen LogP contribution < -0.4 is 5.73 Å².